The van der Waals surface area contributed by atoms with Crippen LogP contribution in [0.1, 0.15) is 59.6 Å². The Morgan fingerprint density at radius 2 is 1.00 bits per heavy atom. The van der Waals surface area contributed by atoms with E-state index in [1.165, 1.54) is 50.1 Å². The van der Waals surface area contributed by atoms with E-state index in [1.54, 1.807) is 0 Å². The van der Waals surface area contributed by atoms with E-state index in [4.69, 9.17) is 0 Å². The van der Waals surface area contributed by atoms with Crippen molar-refractivity contribution < 1.29 is 58.9 Å². The van der Waals surface area contributed by atoms with Crippen molar-refractivity contribution in [1.82, 2.24) is 0 Å². The Morgan fingerprint density at radius 1 is 0.643 bits per heavy atom. The molecule has 3 rings (SSSR count). The molecule has 1 aliphatic carbocycles. The van der Waals surface area contributed by atoms with Crippen molar-refractivity contribution in [2.24, 2.45) is 0 Å². The van der Waals surface area contributed by atoms with Crippen LogP contribution >= 0.6 is 0 Å². The van der Waals surface area contributed by atoms with Crippen molar-refractivity contribution in [2.45, 2.75) is 53.9 Å². The molecule has 0 nitrogen and oxygen atoms in total. The van der Waals surface area contributed by atoms with Crippen LogP contribution in [0, 0.1) is 33.8 Å². The van der Waals surface area contributed by atoms with Gasteiger partial charge in [-0.1, -0.05) is 65.6 Å². The maximum Gasteiger partial charge on any atom is 4.00 e. The molecule has 4 heteroatoms. The minimum absolute atomic E-state index is 0. The van der Waals surface area contributed by atoms with Gasteiger partial charge < -0.3 is 37.2 Å². The van der Waals surface area contributed by atoms with E-state index >= 15 is 0 Å². The Balaban J connectivity index is 0. The van der Waals surface area contributed by atoms with Crippen LogP contribution in [0.3, 0.4) is 0 Å². The molecule has 0 aliphatic heterocycles. The van der Waals surface area contributed by atoms with Gasteiger partial charge in [-0.05, 0) is 38.8 Å². The first-order chi connectivity index (χ1) is 11.3. The summed E-state index contributed by atoms with van der Waals surface area (Å²) < 4.78 is 0. The van der Waals surface area contributed by atoms with E-state index in [0.29, 0.717) is 5.92 Å². The topological polar surface area (TPSA) is 0 Å². The summed E-state index contributed by atoms with van der Waals surface area (Å²) in [5, 5.41) is 0. The van der Waals surface area contributed by atoms with Gasteiger partial charge in [0.1, 0.15) is 0 Å². The van der Waals surface area contributed by atoms with Crippen LogP contribution < -0.4 is 37.2 Å². The summed E-state index contributed by atoms with van der Waals surface area (Å²) in [5.41, 5.74) is 12.4. The molecule has 2 aromatic carbocycles. The van der Waals surface area contributed by atoms with Crippen molar-refractivity contribution in [3.63, 3.8) is 0 Å². The first kappa shape index (κ1) is 29.7. The number of halogens is 3. The van der Waals surface area contributed by atoms with Crippen LogP contribution in [-0.4, -0.2) is 0 Å². The van der Waals surface area contributed by atoms with Crippen molar-refractivity contribution >= 4 is 0 Å². The summed E-state index contributed by atoms with van der Waals surface area (Å²) >= 11 is 0. The van der Waals surface area contributed by atoms with Crippen molar-refractivity contribution in [3.8, 4) is 0 Å². The zero-order valence-electron chi connectivity index (χ0n) is 17.4. The van der Waals surface area contributed by atoms with Crippen LogP contribution in [0.4, 0.5) is 0 Å². The molecule has 0 radical (unpaired) electrons. The summed E-state index contributed by atoms with van der Waals surface area (Å²) in [4.78, 5) is 0. The van der Waals surface area contributed by atoms with Gasteiger partial charge in [0.25, 0.3) is 0 Å². The van der Waals surface area contributed by atoms with Crippen molar-refractivity contribution in [2.75, 3.05) is 0 Å². The molecule has 0 amide bonds. The summed E-state index contributed by atoms with van der Waals surface area (Å²) in [6, 6.07) is 13.9. The third-order valence-corrected chi connectivity index (χ3v) is 5.09. The third kappa shape index (κ3) is 6.51. The number of rotatable bonds is 3. The van der Waals surface area contributed by atoms with Gasteiger partial charge in [-0.3, -0.25) is 6.08 Å². The van der Waals surface area contributed by atoms with E-state index in [1.807, 2.05) is 0 Å². The smallest absolute Gasteiger partial charge is 1.00 e. The van der Waals surface area contributed by atoms with Crippen LogP contribution in [0.5, 0.6) is 0 Å². The molecule has 0 N–H and O–H groups in total. The van der Waals surface area contributed by atoms with E-state index in [2.05, 4.69) is 84.0 Å². The molecular weight excluding hydrogens is 442 g/mol. The summed E-state index contributed by atoms with van der Waals surface area (Å²) in [5.74, 6) is 0.326. The SMILES string of the molecule is CC1=[C-]CC(C(c2cc(C)cc(C)c2)c2cc(C)cc(C)c2)=C1C.[Cl-].[Cl-].[Cl-].[Ti+4]. The number of hydrogen-bond donors (Lipinski definition) is 0. The Bertz CT molecular complexity index is 774. The van der Waals surface area contributed by atoms with Gasteiger partial charge in [0.2, 0.25) is 0 Å². The Morgan fingerprint density at radius 3 is 1.29 bits per heavy atom. The molecule has 148 valence electrons. The molecule has 1 aliphatic rings. The number of hydrogen-bond acceptors (Lipinski definition) is 0. The standard InChI is InChI=1S/C24H27.3ClH.Ti/c1-15-9-16(2)12-21(11-15)24(23-8-7-19(5)20(23)6)22-13-17(3)10-18(4)14-22;;;;/h9-14,24H,8H2,1-6H3;3*1H;/q-1;;;;+4/p-3. The van der Waals surface area contributed by atoms with Gasteiger partial charge in [-0.15, -0.1) is 13.3 Å². The van der Waals surface area contributed by atoms with Crippen LogP contribution in [0.2, 0.25) is 0 Å². The van der Waals surface area contributed by atoms with E-state index in [9.17, 15) is 0 Å². The molecule has 0 atom stereocenters. The second kappa shape index (κ2) is 12.3. The van der Waals surface area contributed by atoms with Gasteiger partial charge >= 0.3 is 21.7 Å². The molecule has 28 heavy (non-hydrogen) atoms. The van der Waals surface area contributed by atoms with Crippen LogP contribution in [0.25, 0.3) is 0 Å². The minimum atomic E-state index is 0. The van der Waals surface area contributed by atoms with Crippen LogP contribution in [0.15, 0.2) is 53.1 Å². The Labute approximate surface area is 204 Å². The van der Waals surface area contributed by atoms with E-state index in [0.717, 1.165) is 6.42 Å². The van der Waals surface area contributed by atoms with Crippen molar-refractivity contribution in [1.29, 1.82) is 0 Å². The number of aryl methyl sites for hydroxylation is 4. The van der Waals surface area contributed by atoms with Gasteiger partial charge in [0.05, 0.1) is 0 Å². The predicted octanol–water partition coefficient (Wildman–Crippen LogP) is -2.47. The maximum absolute atomic E-state index is 3.54. The zero-order chi connectivity index (χ0) is 17.4. The summed E-state index contributed by atoms with van der Waals surface area (Å²) in [6.07, 6.45) is 4.49. The Hall–Kier alpha value is -0.496. The van der Waals surface area contributed by atoms with Crippen LogP contribution in [-0.2, 0) is 21.7 Å². The van der Waals surface area contributed by atoms with Crippen molar-refractivity contribution in [3.05, 3.63) is 92.6 Å². The van der Waals surface area contributed by atoms with Gasteiger partial charge in [0, 0.05) is 5.92 Å². The molecular formula is C24H27Cl3Ti. The van der Waals surface area contributed by atoms with Gasteiger partial charge in [-0.2, -0.15) is 11.1 Å². The Kier molecular flexibility index (Phi) is 13.0. The average Bonchev–Trinajstić information content (AvgIpc) is 2.78. The first-order valence-corrected chi connectivity index (χ1v) is 8.79. The minimum Gasteiger partial charge on any atom is -1.00 e. The largest absolute Gasteiger partial charge is 4.00 e. The molecule has 2 aromatic rings. The fourth-order valence-electron chi connectivity index (χ4n) is 4.00. The fraction of sp³-hybridized carbons (Fsp3) is 0.333. The molecule has 0 unspecified atom stereocenters. The summed E-state index contributed by atoms with van der Waals surface area (Å²) in [7, 11) is 0. The second-order valence-corrected chi connectivity index (χ2v) is 7.40. The quantitative estimate of drug-likeness (QED) is 0.345. The average molecular weight is 470 g/mol. The van der Waals surface area contributed by atoms with E-state index in [-0.39, 0.29) is 58.9 Å². The maximum atomic E-state index is 3.54. The predicted molar refractivity (Wildman–Crippen MR) is 103 cm³/mol. The van der Waals surface area contributed by atoms with E-state index < -0.39 is 0 Å². The molecule has 0 fully saturated rings. The fourth-order valence-corrected chi connectivity index (χ4v) is 4.00. The number of allylic oxidation sites excluding steroid dienone is 4. The molecule has 0 aromatic heterocycles. The monoisotopic (exact) mass is 468 g/mol. The molecule has 0 heterocycles. The molecule has 0 saturated carbocycles. The molecule has 0 spiro atoms. The second-order valence-electron chi connectivity index (χ2n) is 7.40. The normalized spacial score (nSPS) is 12.5. The third-order valence-electron chi connectivity index (χ3n) is 5.09. The first-order valence-electron chi connectivity index (χ1n) is 8.79. The van der Waals surface area contributed by atoms with Gasteiger partial charge in [-0.25, -0.2) is 5.57 Å². The molecule has 0 bridgehead atoms. The zero-order valence-corrected chi connectivity index (χ0v) is 21.2. The number of benzene rings is 2. The summed E-state index contributed by atoms with van der Waals surface area (Å²) in [6.45, 7) is 13.2. The van der Waals surface area contributed by atoms with Gasteiger partial charge in [0.15, 0.2) is 0 Å². The molecule has 0 saturated heterocycles.